The molecule has 8 heteroatoms. The van der Waals surface area contributed by atoms with Crippen LogP contribution in [0.4, 0.5) is 0 Å². The molecule has 18 heavy (non-hydrogen) atoms. The molecule has 0 atom stereocenters. The van der Waals surface area contributed by atoms with Gasteiger partial charge >= 0.3 is 5.97 Å². The Morgan fingerprint density at radius 3 is 2.83 bits per heavy atom. The van der Waals surface area contributed by atoms with Gasteiger partial charge in [-0.25, -0.2) is 13.1 Å². The van der Waals surface area contributed by atoms with Crippen LogP contribution in [0.5, 0.6) is 0 Å². The maximum Gasteiger partial charge on any atom is 0.303 e. The van der Waals surface area contributed by atoms with E-state index in [0.717, 1.165) is 5.56 Å². The summed E-state index contributed by atoms with van der Waals surface area (Å²) in [5, 5.41) is 12.4. The fourth-order valence-electron chi connectivity index (χ4n) is 1.44. The lowest BCUT2D eigenvalue weighted by molar-refractivity contribution is -0.137. The number of carboxylic acids is 1. The quantitative estimate of drug-likeness (QED) is 0.681. The average Bonchev–Trinajstić information content (AvgIpc) is 2.63. The number of hydrogen-bond acceptors (Lipinski definition) is 4. The van der Waals surface area contributed by atoms with Gasteiger partial charge in [-0.2, -0.15) is 5.10 Å². The second kappa shape index (κ2) is 6.50. The first-order chi connectivity index (χ1) is 8.39. The van der Waals surface area contributed by atoms with Gasteiger partial charge in [0.1, 0.15) is 0 Å². The molecule has 0 spiro atoms. The minimum atomic E-state index is -3.38. The molecular formula is C10H17N3O4S. The number of aliphatic carboxylic acids is 1. The van der Waals surface area contributed by atoms with E-state index >= 15 is 0 Å². The Morgan fingerprint density at radius 2 is 2.28 bits per heavy atom. The van der Waals surface area contributed by atoms with Crippen molar-refractivity contribution in [2.45, 2.75) is 19.3 Å². The molecule has 2 N–H and O–H groups in total. The highest BCUT2D eigenvalue weighted by Gasteiger charge is 2.10. The summed E-state index contributed by atoms with van der Waals surface area (Å²) in [7, 11) is -1.59. The Kier molecular flexibility index (Phi) is 5.29. The first-order valence-electron chi connectivity index (χ1n) is 5.56. The van der Waals surface area contributed by atoms with Gasteiger partial charge in [-0.15, -0.1) is 0 Å². The molecule has 1 aromatic heterocycles. The fraction of sp³-hybridized carbons (Fsp3) is 0.600. The smallest absolute Gasteiger partial charge is 0.303 e. The van der Waals surface area contributed by atoms with E-state index in [9.17, 15) is 13.2 Å². The molecule has 102 valence electrons. The number of aromatic nitrogens is 2. The standard InChI is InChI=1S/C10H17N3O4S/c1-13-8-9(7-11-13)4-5-12-18(16,17)6-2-3-10(14)15/h7-8,12H,2-6H2,1H3,(H,14,15). The molecule has 0 bridgehead atoms. The van der Waals surface area contributed by atoms with Crippen molar-refractivity contribution in [3.8, 4) is 0 Å². The number of sulfonamides is 1. The van der Waals surface area contributed by atoms with Crippen LogP contribution < -0.4 is 4.72 Å². The Balaban J connectivity index is 2.27. The van der Waals surface area contributed by atoms with Gasteiger partial charge in [-0.3, -0.25) is 9.48 Å². The molecule has 0 aliphatic rings. The molecule has 0 aliphatic heterocycles. The van der Waals surface area contributed by atoms with Crippen molar-refractivity contribution in [2.24, 2.45) is 7.05 Å². The molecule has 0 amide bonds. The number of nitrogens with one attached hydrogen (secondary N) is 1. The molecule has 0 fully saturated rings. The van der Waals surface area contributed by atoms with Crippen LogP contribution in [0.15, 0.2) is 12.4 Å². The zero-order valence-electron chi connectivity index (χ0n) is 10.2. The summed E-state index contributed by atoms with van der Waals surface area (Å²) in [6, 6.07) is 0. The third-order valence-electron chi connectivity index (χ3n) is 2.30. The van der Waals surface area contributed by atoms with Gasteiger partial charge in [-0.05, 0) is 18.4 Å². The third-order valence-corrected chi connectivity index (χ3v) is 3.77. The molecule has 0 saturated carbocycles. The summed E-state index contributed by atoms with van der Waals surface area (Å²) in [6.07, 6.45) is 4.05. The molecular weight excluding hydrogens is 258 g/mol. The van der Waals surface area contributed by atoms with Crippen LogP contribution in [0.2, 0.25) is 0 Å². The number of rotatable bonds is 8. The van der Waals surface area contributed by atoms with E-state index in [1.165, 1.54) is 0 Å². The Bertz CT molecular complexity index is 495. The normalized spacial score (nSPS) is 11.6. The van der Waals surface area contributed by atoms with Crippen molar-refractivity contribution in [1.82, 2.24) is 14.5 Å². The maximum absolute atomic E-state index is 11.5. The molecule has 1 rings (SSSR count). The second-order valence-corrected chi connectivity index (χ2v) is 5.91. The Hall–Kier alpha value is -1.41. The molecule has 0 aliphatic carbocycles. The predicted molar refractivity (Wildman–Crippen MR) is 65.6 cm³/mol. The number of nitrogens with zero attached hydrogens (tertiary/aromatic N) is 2. The molecule has 0 unspecified atom stereocenters. The zero-order chi connectivity index (χ0) is 13.6. The van der Waals surface area contributed by atoms with E-state index in [2.05, 4.69) is 9.82 Å². The maximum atomic E-state index is 11.5. The van der Waals surface area contributed by atoms with E-state index in [4.69, 9.17) is 5.11 Å². The van der Waals surface area contributed by atoms with Crippen molar-refractivity contribution < 1.29 is 18.3 Å². The molecule has 7 nitrogen and oxygen atoms in total. The van der Waals surface area contributed by atoms with Crippen LogP contribution in [0.3, 0.4) is 0 Å². The van der Waals surface area contributed by atoms with Gasteiger partial charge in [0.2, 0.25) is 10.0 Å². The number of carbonyl (C=O) groups is 1. The summed E-state index contributed by atoms with van der Waals surface area (Å²) in [5.74, 6) is -1.15. The average molecular weight is 275 g/mol. The predicted octanol–water partition coefficient (Wildman–Crippen LogP) is -0.253. The van der Waals surface area contributed by atoms with Gasteiger partial charge in [-0.1, -0.05) is 0 Å². The van der Waals surface area contributed by atoms with Crippen molar-refractivity contribution in [3.05, 3.63) is 18.0 Å². The SMILES string of the molecule is Cn1cc(CCNS(=O)(=O)CCCC(=O)O)cn1. The lowest BCUT2D eigenvalue weighted by atomic mass is 10.3. The molecule has 0 radical (unpaired) electrons. The highest BCUT2D eigenvalue weighted by Crippen LogP contribution is 1.98. The molecule has 1 aromatic rings. The number of hydrogen-bond donors (Lipinski definition) is 2. The largest absolute Gasteiger partial charge is 0.481 e. The highest BCUT2D eigenvalue weighted by molar-refractivity contribution is 7.89. The lowest BCUT2D eigenvalue weighted by Gasteiger charge is -2.04. The van der Waals surface area contributed by atoms with Crippen molar-refractivity contribution >= 4 is 16.0 Å². The van der Waals surface area contributed by atoms with E-state index in [1.54, 1.807) is 17.9 Å². The van der Waals surface area contributed by atoms with E-state index < -0.39 is 16.0 Å². The van der Waals surface area contributed by atoms with Gasteiger partial charge in [0.15, 0.2) is 0 Å². The summed E-state index contributed by atoms with van der Waals surface area (Å²) in [4.78, 5) is 10.3. The lowest BCUT2D eigenvalue weighted by Crippen LogP contribution is -2.28. The molecule has 0 aromatic carbocycles. The second-order valence-electron chi connectivity index (χ2n) is 3.98. The first-order valence-corrected chi connectivity index (χ1v) is 7.21. The summed E-state index contributed by atoms with van der Waals surface area (Å²) in [6.45, 7) is 0.293. The minimum absolute atomic E-state index is 0.123. The van der Waals surface area contributed by atoms with E-state index in [-0.39, 0.29) is 18.6 Å². The van der Waals surface area contributed by atoms with Gasteiger partial charge in [0.05, 0.1) is 11.9 Å². The van der Waals surface area contributed by atoms with Gasteiger partial charge < -0.3 is 5.11 Å². The van der Waals surface area contributed by atoms with E-state index in [0.29, 0.717) is 13.0 Å². The summed E-state index contributed by atoms with van der Waals surface area (Å²) < 4.78 is 27.0. The van der Waals surface area contributed by atoms with Crippen molar-refractivity contribution in [1.29, 1.82) is 0 Å². The Morgan fingerprint density at radius 1 is 1.56 bits per heavy atom. The van der Waals surface area contributed by atoms with Crippen molar-refractivity contribution in [3.63, 3.8) is 0 Å². The van der Waals surface area contributed by atoms with Crippen LogP contribution in [-0.4, -0.2) is 41.6 Å². The van der Waals surface area contributed by atoms with Crippen LogP contribution in [0.25, 0.3) is 0 Å². The van der Waals surface area contributed by atoms with Crippen LogP contribution >= 0.6 is 0 Å². The Labute approximate surface area is 106 Å². The highest BCUT2D eigenvalue weighted by atomic mass is 32.2. The minimum Gasteiger partial charge on any atom is -0.481 e. The summed E-state index contributed by atoms with van der Waals surface area (Å²) >= 11 is 0. The third kappa shape index (κ3) is 5.78. The zero-order valence-corrected chi connectivity index (χ0v) is 11.0. The number of carboxylic acid groups (broad SMARTS) is 1. The first kappa shape index (κ1) is 14.7. The van der Waals surface area contributed by atoms with Crippen LogP contribution in [0.1, 0.15) is 18.4 Å². The van der Waals surface area contributed by atoms with Crippen LogP contribution in [0, 0.1) is 0 Å². The summed E-state index contributed by atoms with van der Waals surface area (Å²) in [5.41, 5.74) is 0.950. The fourth-order valence-corrected chi connectivity index (χ4v) is 2.52. The molecule has 1 heterocycles. The van der Waals surface area contributed by atoms with Gasteiger partial charge in [0.25, 0.3) is 0 Å². The topological polar surface area (TPSA) is 101 Å². The van der Waals surface area contributed by atoms with Gasteiger partial charge in [0, 0.05) is 26.2 Å². The molecule has 0 saturated heterocycles. The van der Waals surface area contributed by atoms with Crippen molar-refractivity contribution in [2.75, 3.05) is 12.3 Å². The number of aryl methyl sites for hydroxylation is 1. The van der Waals surface area contributed by atoms with Crippen LogP contribution in [-0.2, 0) is 28.3 Å². The monoisotopic (exact) mass is 275 g/mol. The van der Waals surface area contributed by atoms with E-state index in [1.807, 2.05) is 6.20 Å².